The van der Waals surface area contributed by atoms with Gasteiger partial charge in [0, 0.05) is 12.5 Å². The second-order valence-electron chi connectivity index (χ2n) is 3.81. The van der Waals surface area contributed by atoms with Crippen molar-refractivity contribution in [1.82, 2.24) is 10.6 Å². The Labute approximate surface area is 102 Å². The quantitative estimate of drug-likeness (QED) is 0.588. The largest absolute Gasteiger partial charge is 0.480 e. The van der Waals surface area contributed by atoms with Crippen LogP contribution >= 0.6 is 0 Å². The van der Waals surface area contributed by atoms with Gasteiger partial charge in [0.25, 0.3) is 0 Å². The predicted octanol–water partition coefficient (Wildman–Crippen LogP) is 1.34. The number of carboxylic acids is 1. The average molecular weight is 240 g/mol. The maximum atomic E-state index is 11.5. The minimum atomic E-state index is -1.02. The van der Waals surface area contributed by atoms with E-state index in [1.54, 1.807) is 0 Å². The van der Waals surface area contributed by atoms with E-state index >= 15 is 0 Å². The number of aliphatic carboxylic acids is 1. The summed E-state index contributed by atoms with van der Waals surface area (Å²) < 4.78 is 0. The minimum absolute atomic E-state index is 0.115. The molecule has 17 heavy (non-hydrogen) atoms. The summed E-state index contributed by atoms with van der Waals surface area (Å²) in [6, 6.07) is -1.44. The standard InChI is InChI=1S/C12H20N2O3/c1-4-7-9(6-3)13-12(17)14-10(8-5-2)11(15)16/h1,9-10H,5-8H2,2-3H3,(H,15,16)(H2,13,14,17)/t9?,10-/m1/s1. The Morgan fingerprint density at radius 2 is 2.00 bits per heavy atom. The van der Waals surface area contributed by atoms with E-state index in [9.17, 15) is 9.59 Å². The molecular formula is C12H20N2O3. The van der Waals surface area contributed by atoms with Crippen molar-refractivity contribution < 1.29 is 14.7 Å². The summed E-state index contributed by atoms with van der Waals surface area (Å²) in [5.74, 6) is 1.45. The molecule has 2 atom stereocenters. The van der Waals surface area contributed by atoms with Crippen LogP contribution in [-0.4, -0.2) is 29.2 Å². The summed E-state index contributed by atoms with van der Waals surface area (Å²) in [7, 11) is 0. The third-order valence-corrected chi connectivity index (χ3v) is 2.37. The van der Waals surface area contributed by atoms with Crippen molar-refractivity contribution >= 4 is 12.0 Å². The van der Waals surface area contributed by atoms with E-state index in [0.29, 0.717) is 25.7 Å². The Hall–Kier alpha value is -1.70. The van der Waals surface area contributed by atoms with Gasteiger partial charge in [-0.25, -0.2) is 9.59 Å². The predicted molar refractivity (Wildman–Crippen MR) is 65.5 cm³/mol. The lowest BCUT2D eigenvalue weighted by molar-refractivity contribution is -0.139. The molecular weight excluding hydrogens is 220 g/mol. The first-order valence-electron chi connectivity index (χ1n) is 5.78. The van der Waals surface area contributed by atoms with Gasteiger partial charge in [0.15, 0.2) is 0 Å². The van der Waals surface area contributed by atoms with Crippen LogP contribution in [0.4, 0.5) is 4.79 Å². The van der Waals surface area contributed by atoms with Gasteiger partial charge in [-0.1, -0.05) is 20.3 Å². The molecule has 0 aromatic carbocycles. The van der Waals surface area contributed by atoms with Crippen molar-refractivity contribution in [2.75, 3.05) is 0 Å². The van der Waals surface area contributed by atoms with Gasteiger partial charge in [-0.3, -0.25) is 0 Å². The van der Waals surface area contributed by atoms with Crippen molar-refractivity contribution in [3.05, 3.63) is 0 Å². The highest BCUT2D eigenvalue weighted by molar-refractivity contribution is 5.82. The Kier molecular flexibility index (Phi) is 7.61. The summed E-state index contributed by atoms with van der Waals surface area (Å²) in [6.07, 6.45) is 7.42. The lowest BCUT2D eigenvalue weighted by atomic mass is 10.1. The van der Waals surface area contributed by atoms with Gasteiger partial charge in [-0.05, 0) is 12.8 Å². The van der Waals surface area contributed by atoms with E-state index in [2.05, 4.69) is 16.6 Å². The van der Waals surface area contributed by atoms with Crippen molar-refractivity contribution in [1.29, 1.82) is 0 Å². The number of urea groups is 1. The second-order valence-corrected chi connectivity index (χ2v) is 3.81. The Morgan fingerprint density at radius 1 is 1.35 bits per heavy atom. The van der Waals surface area contributed by atoms with Gasteiger partial charge in [0.05, 0.1) is 0 Å². The van der Waals surface area contributed by atoms with Gasteiger partial charge in [-0.2, -0.15) is 0 Å². The molecule has 0 aromatic heterocycles. The van der Waals surface area contributed by atoms with E-state index in [-0.39, 0.29) is 6.04 Å². The normalized spacial score (nSPS) is 13.2. The Bertz CT molecular complexity index is 297. The molecule has 5 heteroatoms. The maximum Gasteiger partial charge on any atom is 0.326 e. The lowest BCUT2D eigenvalue weighted by Crippen LogP contribution is -2.48. The van der Waals surface area contributed by atoms with Gasteiger partial charge < -0.3 is 15.7 Å². The molecule has 3 N–H and O–H groups in total. The lowest BCUT2D eigenvalue weighted by Gasteiger charge is -2.18. The molecule has 0 spiro atoms. The van der Waals surface area contributed by atoms with Gasteiger partial charge >= 0.3 is 12.0 Å². The number of nitrogens with one attached hydrogen (secondary N) is 2. The molecule has 0 bridgehead atoms. The summed E-state index contributed by atoms with van der Waals surface area (Å²) in [4.78, 5) is 22.4. The molecule has 2 amide bonds. The Morgan fingerprint density at radius 3 is 2.41 bits per heavy atom. The molecule has 0 saturated heterocycles. The van der Waals surface area contributed by atoms with Gasteiger partial charge in [0.2, 0.25) is 0 Å². The molecule has 0 radical (unpaired) electrons. The van der Waals surface area contributed by atoms with Crippen LogP contribution in [0.5, 0.6) is 0 Å². The van der Waals surface area contributed by atoms with E-state index in [0.717, 1.165) is 0 Å². The van der Waals surface area contributed by atoms with Gasteiger partial charge in [0.1, 0.15) is 6.04 Å². The summed E-state index contributed by atoms with van der Waals surface area (Å²) in [5, 5.41) is 14.0. The fourth-order valence-corrected chi connectivity index (χ4v) is 1.37. The molecule has 1 unspecified atom stereocenters. The average Bonchev–Trinajstić information content (AvgIpc) is 2.27. The fraction of sp³-hybridized carbons (Fsp3) is 0.667. The SMILES string of the molecule is C#CCC(CC)NC(=O)N[C@H](CCC)C(=O)O. The number of rotatable bonds is 7. The molecule has 0 saturated carbocycles. The first kappa shape index (κ1) is 15.3. The number of carbonyl (C=O) groups is 2. The smallest absolute Gasteiger partial charge is 0.326 e. The number of carboxylic acid groups (broad SMARTS) is 1. The molecule has 0 fully saturated rings. The van der Waals surface area contributed by atoms with Crippen LogP contribution in [-0.2, 0) is 4.79 Å². The molecule has 0 aromatic rings. The molecule has 0 aliphatic carbocycles. The summed E-state index contributed by atoms with van der Waals surface area (Å²) in [5.41, 5.74) is 0. The zero-order chi connectivity index (χ0) is 13.3. The van der Waals surface area contributed by atoms with E-state index in [4.69, 9.17) is 11.5 Å². The first-order valence-corrected chi connectivity index (χ1v) is 5.78. The van der Waals surface area contributed by atoms with Crippen LogP contribution in [0.3, 0.4) is 0 Å². The van der Waals surface area contributed by atoms with Crippen LogP contribution in [0.25, 0.3) is 0 Å². The van der Waals surface area contributed by atoms with E-state index < -0.39 is 18.0 Å². The fourth-order valence-electron chi connectivity index (χ4n) is 1.37. The topological polar surface area (TPSA) is 78.4 Å². The molecule has 0 heterocycles. The highest BCUT2D eigenvalue weighted by Gasteiger charge is 2.19. The minimum Gasteiger partial charge on any atom is -0.480 e. The second kappa shape index (κ2) is 8.45. The number of hydrogen-bond donors (Lipinski definition) is 3. The maximum absolute atomic E-state index is 11.5. The number of terminal acetylenes is 1. The summed E-state index contributed by atoms with van der Waals surface area (Å²) >= 11 is 0. The zero-order valence-electron chi connectivity index (χ0n) is 10.3. The van der Waals surface area contributed by atoms with Crippen LogP contribution in [0.2, 0.25) is 0 Å². The van der Waals surface area contributed by atoms with Gasteiger partial charge in [-0.15, -0.1) is 12.3 Å². The van der Waals surface area contributed by atoms with Crippen molar-refractivity contribution in [3.8, 4) is 12.3 Å². The Balaban J connectivity index is 4.22. The van der Waals surface area contributed by atoms with Crippen LogP contribution < -0.4 is 10.6 Å². The molecule has 0 aliphatic rings. The zero-order valence-corrected chi connectivity index (χ0v) is 10.3. The third-order valence-electron chi connectivity index (χ3n) is 2.37. The number of hydrogen-bond acceptors (Lipinski definition) is 2. The molecule has 0 aliphatic heterocycles. The summed E-state index contributed by atoms with van der Waals surface area (Å²) in [6.45, 7) is 3.77. The van der Waals surface area contributed by atoms with Crippen LogP contribution in [0.15, 0.2) is 0 Å². The monoisotopic (exact) mass is 240 g/mol. The molecule has 96 valence electrons. The third kappa shape index (κ3) is 6.46. The number of amides is 2. The number of carbonyl (C=O) groups excluding carboxylic acids is 1. The highest BCUT2D eigenvalue weighted by atomic mass is 16.4. The van der Waals surface area contributed by atoms with E-state index in [1.165, 1.54) is 0 Å². The van der Waals surface area contributed by atoms with Crippen LogP contribution in [0.1, 0.15) is 39.5 Å². The van der Waals surface area contributed by atoms with Crippen LogP contribution in [0, 0.1) is 12.3 Å². The van der Waals surface area contributed by atoms with Crippen molar-refractivity contribution in [2.24, 2.45) is 0 Å². The molecule has 0 rings (SSSR count). The highest BCUT2D eigenvalue weighted by Crippen LogP contribution is 1.99. The van der Waals surface area contributed by atoms with E-state index in [1.807, 2.05) is 13.8 Å². The van der Waals surface area contributed by atoms with Crippen molar-refractivity contribution in [3.63, 3.8) is 0 Å². The van der Waals surface area contributed by atoms with Crippen molar-refractivity contribution in [2.45, 2.75) is 51.6 Å². The molecule has 5 nitrogen and oxygen atoms in total. The first-order chi connectivity index (χ1) is 8.04.